The average molecular weight is 334 g/mol. The van der Waals surface area contributed by atoms with Crippen LogP contribution in [-0.4, -0.2) is 52.5 Å². The molecule has 23 heavy (non-hydrogen) atoms. The number of morpholine rings is 1. The smallest absolute Gasteiger partial charge is 0.217 e. The van der Waals surface area contributed by atoms with Gasteiger partial charge in [-0.3, -0.25) is 0 Å². The van der Waals surface area contributed by atoms with E-state index in [0.29, 0.717) is 25.6 Å². The van der Waals surface area contributed by atoms with Gasteiger partial charge in [0, 0.05) is 6.54 Å². The van der Waals surface area contributed by atoms with Gasteiger partial charge in [0.05, 0.1) is 24.2 Å². The zero-order valence-electron chi connectivity index (χ0n) is 12.6. The van der Waals surface area contributed by atoms with Gasteiger partial charge in [-0.05, 0) is 25.0 Å². The molecule has 2 aliphatic rings. The van der Waals surface area contributed by atoms with Crippen molar-refractivity contribution in [2.45, 2.75) is 24.1 Å². The third-order valence-electron chi connectivity index (χ3n) is 4.22. The van der Waals surface area contributed by atoms with Crippen LogP contribution in [0.3, 0.4) is 0 Å². The summed E-state index contributed by atoms with van der Waals surface area (Å²) >= 11 is 0. The van der Waals surface area contributed by atoms with Crippen molar-refractivity contribution >= 4 is 10.0 Å². The second-order valence-electron chi connectivity index (χ2n) is 5.81. The molecule has 0 bridgehead atoms. The molecular weight excluding hydrogens is 316 g/mol. The van der Waals surface area contributed by atoms with Crippen LogP contribution in [0.25, 0.3) is 5.69 Å². The first-order valence-corrected chi connectivity index (χ1v) is 9.22. The molecule has 8 heteroatoms. The van der Waals surface area contributed by atoms with Crippen molar-refractivity contribution in [1.29, 1.82) is 0 Å². The summed E-state index contributed by atoms with van der Waals surface area (Å²) in [5, 5.41) is 4.03. The Morgan fingerprint density at radius 3 is 2.70 bits per heavy atom. The Balaban J connectivity index is 1.73. The van der Waals surface area contributed by atoms with E-state index >= 15 is 0 Å². The van der Waals surface area contributed by atoms with Crippen molar-refractivity contribution in [2.24, 2.45) is 0 Å². The highest BCUT2D eigenvalue weighted by Gasteiger charge is 2.45. The van der Waals surface area contributed by atoms with E-state index < -0.39 is 16.1 Å². The van der Waals surface area contributed by atoms with Gasteiger partial charge in [-0.2, -0.15) is 9.40 Å². The van der Waals surface area contributed by atoms with Gasteiger partial charge in [0.15, 0.2) is 5.82 Å². The average Bonchev–Trinajstić information content (AvgIpc) is 3.34. The van der Waals surface area contributed by atoms with E-state index in [4.69, 9.17) is 4.74 Å². The normalized spacial score (nSPS) is 23.0. The Labute approximate surface area is 134 Å². The minimum absolute atomic E-state index is 0.240. The third kappa shape index (κ3) is 2.66. The van der Waals surface area contributed by atoms with E-state index in [9.17, 15) is 8.42 Å². The molecule has 1 aliphatic heterocycles. The SMILES string of the molecule is O=S(=O)(C1CC1)N1CCOCC1c1ncnn1-c1ccccc1. The lowest BCUT2D eigenvalue weighted by Gasteiger charge is -2.34. The number of para-hydroxylation sites is 1. The molecule has 0 spiro atoms. The van der Waals surface area contributed by atoms with E-state index in [-0.39, 0.29) is 5.25 Å². The van der Waals surface area contributed by atoms with Crippen molar-refractivity contribution in [3.63, 3.8) is 0 Å². The molecule has 7 nitrogen and oxygen atoms in total. The minimum atomic E-state index is -3.29. The largest absolute Gasteiger partial charge is 0.378 e. The van der Waals surface area contributed by atoms with Gasteiger partial charge in [-0.25, -0.2) is 18.1 Å². The van der Waals surface area contributed by atoms with Crippen LogP contribution < -0.4 is 0 Å². The monoisotopic (exact) mass is 334 g/mol. The van der Waals surface area contributed by atoms with Crippen LogP contribution in [0, 0.1) is 0 Å². The van der Waals surface area contributed by atoms with E-state index in [1.165, 1.54) is 6.33 Å². The molecule has 4 rings (SSSR count). The zero-order valence-corrected chi connectivity index (χ0v) is 13.4. The van der Waals surface area contributed by atoms with Gasteiger partial charge in [-0.1, -0.05) is 18.2 Å². The van der Waals surface area contributed by atoms with Crippen molar-refractivity contribution < 1.29 is 13.2 Å². The minimum Gasteiger partial charge on any atom is -0.378 e. The lowest BCUT2D eigenvalue weighted by Crippen LogP contribution is -2.45. The molecule has 0 N–H and O–H groups in total. The number of aromatic nitrogens is 3. The van der Waals surface area contributed by atoms with Gasteiger partial charge in [0.2, 0.25) is 10.0 Å². The summed E-state index contributed by atoms with van der Waals surface area (Å²) < 4.78 is 34.2. The second-order valence-corrected chi connectivity index (χ2v) is 7.98. The maximum absolute atomic E-state index is 12.7. The van der Waals surface area contributed by atoms with Crippen molar-refractivity contribution in [3.05, 3.63) is 42.5 Å². The molecule has 1 aliphatic carbocycles. The Morgan fingerprint density at radius 2 is 1.96 bits per heavy atom. The fraction of sp³-hybridized carbons (Fsp3) is 0.467. The number of rotatable bonds is 4. The Bertz CT molecular complexity index is 786. The van der Waals surface area contributed by atoms with Gasteiger partial charge < -0.3 is 4.74 Å². The molecule has 2 fully saturated rings. The van der Waals surface area contributed by atoms with E-state index in [1.807, 2.05) is 30.3 Å². The number of sulfonamides is 1. The molecule has 2 aromatic rings. The fourth-order valence-electron chi connectivity index (χ4n) is 2.90. The molecule has 0 amide bonds. The summed E-state index contributed by atoms with van der Waals surface area (Å²) in [6.45, 7) is 1.09. The van der Waals surface area contributed by atoms with Crippen molar-refractivity contribution in [1.82, 2.24) is 19.1 Å². The lowest BCUT2D eigenvalue weighted by atomic mass is 10.2. The summed E-state index contributed by atoms with van der Waals surface area (Å²) in [7, 11) is -3.29. The first kappa shape index (κ1) is 14.8. The molecule has 1 unspecified atom stereocenters. The quantitative estimate of drug-likeness (QED) is 0.838. The highest BCUT2D eigenvalue weighted by atomic mass is 32.2. The predicted octanol–water partition coefficient (Wildman–Crippen LogP) is 1.13. The standard InChI is InChI=1S/C15H18N4O3S/c20-23(21,13-6-7-13)18-8-9-22-10-14(18)15-16-11-17-19(15)12-4-2-1-3-5-12/h1-5,11,13-14H,6-10H2. The second kappa shape index (κ2) is 5.70. The highest BCUT2D eigenvalue weighted by molar-refractivity contribution is 7.90. The molecule has 1 aromatic heterocycles. The number of benzene rings is 1. The Hall–Kier alpha value is -1.77. The number of hydrogen-bond donors (Lipinski definition) is 0. The van der Waals surface area contributed by atoms with Crippen LogP contribution in [0.15, 0.2) is 36.7 Å². The van der Waals surface area contributed by atoms with Crippen LogP contribution in [0.1, 0.15) is 24.7 Å². The van der Waals surface area contributed by atoms with Gasteiger partial charge in [-0.15, -0.1) is 0 Å². The molecular formula is C15H18N4O3S. The number of nitrogens with zero attached hydrogens (tertiary/aromatic N) is 4. The molecule has 2 heterocycles. The summed E-state index contributed by atoms with van der Waals surface area (Å²) in [5.41, 5.74) is 0.856. The summed E-state index contributed by atoms with van der Waals surface area (Å²) in [4.78, 5) is 4.33. The molecule has 122 valence electrons. The molecule has 1 aromatic carbocycles. The molecule has 1 atom stereocenters. The van der Waals surface area contributed by atoms with E-state index in [0.717, 1.165) is 18.5 Å². The third-order valence-corrected chi connectivity index (χ3v) is 6.63. The number of hydrogen-bond acceptors (Lipinski definition) is 5. The molecule has 1 saturated heterocycles. The summed E-state index contributed by atoms with van der Waals surface area (Å²) in [6, 6.07) is 9.15. The summed E-state index contributed by atoms with van der Waals surface area (Å²) in [5.74, 6) is 0.597. The van der Waals surface area contributed by atoms with E-state index in [1.54, 1.807) is 8.99 Å². The zero-order chi connectivity index (χ0) is 15.9. The first-order chi connectivity index (χ1) is 11.2. The van der Waals surface area contributed by atoms with Gasteiger partial charge in [0.1, 0.15) is 12.4 Å². The number of ether oxygens (including phenoxy) is 1. The first-order valence-electron chi connectivity index (χ1n) is 7.71. The van der Waals surface area contributed by atoms with Crippen LogP contribution in [0.5, 0.6) is 0 Å². The Kier molecular flexibility index (Phi) is 3.67. The molecule has 0 radical (unpaired) electrons. The van der Waals surface area contributed by atoms with Crippen LogP contribution in [-0.2, 0) is 14.8 Å². The highest BCUT2D eigenvalue weighted by Crippen LogP contribution is 2.36. The topological polar surface area (TPSA) is 77.3 Å². The van der Waals surface area contributed by atoms with Crippen LogP contribution >= 0.6 is 0 Å². The van der Waals surface area contributed by atoms with Crippen molar-refractivity contribution in [2.75, 3.05) is 19.8 Å². The maximum atomic E-state index is 12.7. The Morgan fingerprint density at radius 1 is 1.17 bits per heavy atom. The van der Waals surface area contributed by atoms with Crippen LogP contribution in [0.4, 0.5) is 0 Å². The maximum Gasteiger partial charge on any atom is 0.217 e. The van der Waals surface area contributed by atoms with Gasteiger partial charge >= 0.3 is 0 Å². The van der Waals surface area contributed by atoms with Crippen molar-refractivity contribution in [3.8, 4) is 5.69 Å². The predicted molar refractivity (Wildman–Crippen MR) is 83.6 cm³/mol. The van der Waals surface area contributed by atoms with Gasteiger partial charge in [0.25, 0.3) is 0 Å². The fourth-order valence-corrected chi connectivity index (χ4v) is 4.85. The van der Waals surface area contributed by atoms with Crippen LogP contribution in [0.2, 0.25) is 0 Å². The lowest BCUT2D eigenvalue weighted by molar-refractivity contribution is 0.0281. The van der Waals surface area contributed by atoms with E-state index in [2.05, 4.69) is 10.1 Å². The summed E-state index contributed by atoms with van der Waals surface area (Å²) in [6.07, 6.45) is 2.95. The molecule has 1 saturated carbocycles.